The Morgan fingerprint density at radius 3 is 2.61 bits per heavy atom. The molecule has 0 aliphatic rings. The molecular formula is C13H18FNO3. The molecule has 0 spiro atoms. The Morgan fingerprint density at radius 2 is 2.11 bits per heavy atom. The number of ether oxygens (including phenoxy) is 1. The molecule has 0 radical (unpaired) electrons. The molecule has 0 saturated heterocycles. The molecule has 1 unspecified atom stereocenters. The van der Waals surface area contributed by atoms with Gasteiger partial charge >= 0.3 is 5.97 Å². The number of carbonyl (C=O) groups excluding carboxylic acids is 1. The molecule has 0 amide bonds. The van der Waals surface area contributed by atoms with Crippen LogP contribution in [0.25, 0.3) is 0 Å². The zero-order valence-corrected chi connectivity index (χ0v) is 10.7. The van der Waals surface area contributed by atoms with Gasteiger partial charge in [-0.3, -0.25) is 4.79 Å². The summed E-state index contributed by atoms with van der Waals surface area (Å²) in [6, 6.07) is 3.04. The van der Waals surface area contributed by atoms with Gasteiger partial charge in [-0.1, -0.05) is 6.07 Å². The third-order valence-electron chi connectivity index (χ3n) is 2.18. The van der Waals surface area contributed by atoms with Gasteiger partial charge in [0.15, 0.2) is 11.6 Å². The van der Waals surface area contributed by atoms with Crippen molar-refractivity contribution in [2.24, 2.45) is 5.73 Å². The normalized spacial score (nSPS) is 13.2. The van der Waals surface area contributed by atoms with E-state index in [1.54, 1.807) is 20.8 Å². The first-order chi connectivity index (χ1) is 8.19. The predicted molar refractivity (Wildman–Crippen MR) is 65.6 cm³/mol. The van der Waals surface area contributed by atoms with Crippen LogP contribution >= 0.6 is 0 Å². The number of hydrogen-bond acceptors (Lipinski definition) is 4. The quantitative estimate of drug-likeness (QED) is 0.807. The number of halogens is 1. The lowest BCUT2D eigenvalue weighted by atomic mass is 10.1. The van der Waals surface area contributed by atoms with Crippen LogP contribution < -0.4 is 5.73 Å². The van der Waals surface area contributed by atoms with Crippen LogP contribution in [0.2, 0.25) is 0 Å². The summed E-state index contributed by atoms with van der Waals surface area (Å²) >= 11 is 0. The molecule has 0 saturated carbocycles. The Balaban J connectivity index is 2.66. The fourth-order valence-electron chi connectivity index (χ4n) is 1.39. The number of rotatable bonds is 3. The number of carbonyl (C=O) groups is 1. The third kappa shape index (κ3) is 4.33. The molecule has 100 valence electrons. The number of phenolic OH excluding ortho intramolecular Hbond substituents is 1. The van der Waals surface area contributed by atoms with Gasteiger partial charge < -0.3 is 15.6 Å². The highest BCUT2D eigenvalue weighted by Crippen LogP contribution is 2.17. The molecule has 4 nitrogen and oxygen atoms in total. The zero-order chi connectivity index (χ0) is 13.9. The first kappa shape index (κ1) is 14.4. The average Bonchev–Trinajstić information content (AvgIpc) is 2.21. The van der Waals surface area contributed by atoms with Gasteiger partial charge in [0.2, 0.25) is 0 Å². The smallest absolute Gasteiger partial charge is 0.323 e. The van der Waals surface area contributed by atoms with Crippen LogP contribution in [-0.4, -0.2) is 22.7 Å². The van der Waals surface area contributed by atoms with Crippen LogP contribution in [0.3, 0.4) is 0 Å². The van der Waals surface area contributed by atoms with Gasteiger partial charge in [0.05, 0.1) is 0 Å². The summed E-state index contributed by atoms with van der Waals surface area (Å²) in [5, 5.41) is 9.04. The minimum Gasteiger partial charge on any atom is -0.505 e. The molecule has 0 aliphatic carbocycles. The molecular weight excluding hydrogens is 237 g/mol. The average molecular weight is 255 g/mol. The summed E-state index contributed by atoms with van der Waals surface area (Å²) in [5.74, 6) is -1.69. The SMILES string of the molecule is CC(C)(C)OC(=O)C(N)Cc1ccc(O)c(F)c1. The number of benzene rings is 1. The largest absolute Gasteiger partial charge is 0.505 e. The standard InChI is InChI=1S/C13H18FNO3/c1-13(2,3)18-12(17)10(15)7-8-4-5-11(16)9(14)6-8/h4-6,10,16H,7,15H2,1-3H3. The summed E-state index contributed by atoms with van der Waals surface area (Å²) in [7, 11) is 0. The van der Waals surface area contributed by atoms with Gasteiger partial charge in [-0.25, -0.2) is 4.39 Å². The minimum atomic E-state index is -0.854. The first-order valence-electron chi connectivity index (χ1n) is 5.65. The van der Waals surface area contributed by atoms with E-state index in [1.807, 2.05) is 0 Å². The third-order valence-corrected chi connectivity index (χ3v) is 2.18. The first-order valence-corrected chi connectivity index (χ1v) is 5.65. The molecule has 0 heterocycles. The van der Waals surface area contributed by atoms with Gasteiger partial charge in [0.25, 0.3) is 0 Å². The predicted octanol–water partition coefficient (Wildman–Crippen LogP) is 1.74. The summed E-state index contributed by atoms with van der Waals surface area (Å²) in [6.07, 6.45) is 0.159. The van der Waals surface area contributed by atoms with Crippen LogP contribution in [-0.2, 0) is 16.0 Å². The summed E-state index contributed by atoms with van der Waals surface area (Å²) in [4.78, 5) is 11.6. The van der Waals surface area contributed by atoms with Crippen molar-refractivity contribution in [2.75, 3.05) is 0 Å². The van der Waals surface area contributed by atoms with Gasteiger partial charge in [0.1, 0.15) is 11.6 Å². The summed E-state index contributed by atoms with van der Waals surface area (Å²) < 4.78 is 18.2. The van der Waals surface area contributed by atoms with E-state index in [9.17, 15) is 9.18 Å². The molecule has 1 aromatic carbocycles. The van der Waals surface area contributed by atoms with E-state index in [2.05, 4.69) is 0 Å². The van der Waals surface area contributed by atoms with Crippen molar-refractivity contribution in [2.45, 2.75) is 38.8 Å². The van der Waals surface area contributed by atoms with E-state index >= 15 is 0 Å². The van der Waals surface area contributed by atoms with E-state index in [0.717, 1.165) is 6.07 Å². The lowest BCUT2D eigenvalue weighted by Crippen LogP contribution is -2.38. The lowest BCUT2D eigenvalue weighted by Gasteiger charge is -2.22. The Morgan fingerprint density at radius 1 is 1.50 bits per heavy atom. The van der Waals surface area contributed by atoms with Crippen molar-refractivity contribution in [3.05, 3.63) is 29.6 Å². The highest BCUT2D eigenvalue weighted by atomic mass is 19.1. The van der Waals surface area contributed by atoms with E-state index in [4.69, 9.17) is 15.6 Å². The van der Waals surface area contributed by atoms with Crippen molar-refractivity contribution in [3.63, 3.8) is 0 Å². The van der Waals surface area contributed by atoms with Gasteiger partial charge in [-0.2, -0.15) is 0 Å². The maximum absolute atomic E-state index is 13.1. The second-order valence-corrected chi connectivity index (χ2v) is 5.13. The van der Waals surface area contributed by atoms with Crippen molar-refractivity contribution < 1.29 is 19.0 Å². The van der Waals surface area contributed by atoms with E-state index in [-0.39, 0.29) is 6.42 Å². The molecule has 0 aliphatic heterocycles. The van der Waals surface area contributed by atoms with Crippen molar-refractivity contribution in [1.29, 1.82) is 0 Å². The number of nitrogens with two attached hydrogens (primary N) is 1. The number of phenols is 1. The fraction of sp³-hybridized carbons (Fsp3) is 0.462. The fourth-order valence-corrected chi connectivity index (χ4v) is 1.39. The minimum absolute atomic E-state index is 0.159. The van der Waals surface area contributed by atoms with Crippen LogP contribution in [0, 0.1) is 5.82 Å². The van der Waals surface area contributed by atoms with E-state index in [1.165, 1.54) is 12.1 Å². The molecule has 1 atom stereocenters. The van der Waals surface area contributed by atoms with Gasteiger partial charge in [0, 0.05) is 0 Å². The van der Waals surface area contributed by atoms with Gasteiger partial charge in [-0.15, -0.1) is 0 Å². The topological polar surface area (TPSA) is 72.5 Å². The molecule has 3 N–H and O–H groups in total. The van der Waals surface area contributed by atoms with E-state index < -0.39 is 29.2 Å². The molecule has 0 fully saturated rings. The van der Waals surface area contributed by atoms with Crippen LogP contribution in [0.15, 0.2) is 18.2 Å². The summed E-state index contributed by atoms with van der Waals surface area (Å²) in [5.41, 5.74) is 5.61. The van der Waals surface area contributed by atoms with Crippen molar-refractivity contribution in [1.82, 2.24) is 0 Å². The lowest BCUT2D eigenvalue weighted by molar-refractivity contribution is -0.156. The highest BCUT2D eigenvalue weighted by molar-refractivity contribution is 5.76. The van der Waals surface area contributed by atoms with Crippen molar-refractivity contribution >= 4 is 5.97 Å². The second kappa shape index (κ2) is 5.35. The molecule has 18 heavy (non-hydrogen) atoms. The van der Waals surface area contributed by atoms with Crippen LogP contribution in [0.5, 0.6) is 5.75 Å². The second-order valence-electron chi connectivity index (χ2n) is 5.13. The zero-order valence-electron chi connectivity index (χ0n) is 10.7. The number of hydrogen-bond donors (Lipinski definition) is 2. The number of aromatic hydroxyl groups is 1. The number of esters is 1. The highest BCUT2D eigenvalue weighted by Gasteiger charge is 2.22. The molecule has 1 rings (SSSR count). The molecule has 0 aromatic heterocycles. The maximum atomic E-state index is 13.1. The Kier molecular flexibility index (Phi) is 4.29. The summed E-state index contributed by atoms with van der Waals surface area (Å²) in [6.45, 7) is 5.24. The molecule has 1 aromatic rings. The maximum Gasteiger partial charge on any atom is 0.323 e. The van der Waals surface area contributed by atoms with Crippen molar-refractivity contribution in [3.8, 4) is 5.75 Å². The Bertz CT molecular complexity index is 440. The van der Waals surface area contributed by atoms with Gasteiger partial charge in [-0.05, 0) is 44.9 Å². The Hall–Kier alpha value is -1.62. The van der Waals surface area contributed by atoms with Crippen LogP contribution in [0.4, 0.5) is 4.39 Å². The van der Waals surface area contributed by atoms with Crippen LogP contribution in [0.1, 0.15) is 26.3 Å². The molecule has 0 bridgehead atoms. The monoisotopic (exact) mass is 255 g/mol. The van der Waals surface area contributed by atoms with E-state index in [0.29, 0.717) is 5.56 Å². The molecule has 5 heteroatoms. The Labute approximate surface area is 106 Å².